The lowest BCUT2D eigenvalue weighted by Gasteiger charge is -2.23. The second-order valence-electron chi connectivity index (χ2n) is 5.37. The van der Waals surface area contributed by atoms with Gasteiger partial charge in [0.2, 0.25) is 0 Å². The van der Waals surface area contributed by atoms with Crippen LogP contribution in [0.4, 0.5) is 0 Å². The van der Waals surface area contributed by atoms with Gasteiger partial charge in [-0.1, -0.05) is 24.3 Å². The van der Waals surface area contributed by atoms with Gasteiger partial charge in [0.25, 0.3) is 0 Å². The molecule has 0 aliphatic carbocycles. The zero-order chi connectivity index (χ0) is 12.8. The molecule has 1 N–H and O–H groups in total. The minimum absolute atomic E-state index is 0.354. The molecule has 2 atom stereocenters. The SMILES string of the molecule is COC(C)CCc1ccc(C2CCCNC2)cc1. The number of aryl methyl sites for hydroxylation is 1. The van der Waals surface area contributed by atoms with Crippen LogP contribution in [0, 0.1) is 0 Å². The highest BCUT2D eigenvalue weighted by Crippen LogP contribution is 2.23. The molecule has 0 saturated carbocycles. The summed E-state index contributed by atoms with van der Waals surface area (Å²) in [6, 6.07) is 9.19. The third-order valence-corrected chi connectivity index (χ3v) is 3.99. The Morgan fingerprint density at radius 2 is 2.11 bits per heavy atom. The quantitative estimate of drug-likeness (QED) is 0.863. The van der Waals surface area contributed by atoms with Gasteiger partial charge in [-0.25, -0.2) is 0 Å². The van der Waals surface area contributed by atoms with Crippen LogP contribution in [-0.2, 0) is 11.2 Å². The molecular weight excluding hydrogens is 222 g/mol. The molecule has 0 radical (unpaired) electrons. The van der Waals surface area contributed by atoms with E-state index in [0.717, 1.165) is 19.4 Å². The van der Waals surface area contributed by atoms with Crippen molar-refractivity contribution in [2.45, 2.75) is 44.6 Å². The molecule has 1 aromatic rings. The number of methoxy groups -OCH3 is 1. The zero-order valence-electron chi connectivity index (χ0n) is 11.6. The van der Waals surface area contributed by atoms with Gasteiger partial charge < -0.3 is 10.1 Å². The van der Waals surface area contributed by atoms with E-state index in [0.29, 0.717) is 12.0 Å². The molecule has 0 bridgehead atoms. The van der Waals surface area contributed by atoms with Crippen molar-refractivity contribution < 1.29 is 4.74 Å². The van der Waals surface area contributed by atoms with Gasteiger partial charge in [-0.05, 0) is 56.2 Å². The maximum absolute atomic E-state index is 5.28. The molecule has 0 amide bonds. The fourth-order valence-corrected chi connectivity index (χ4v) is 2.58. The Balaban J connectivity index is 1.88. The molecule has 2 nitrogen and oxygen atoms in total. The molecule has 18 heavy (non-hydrogen) atoms. The Hall–Kier alpha value is -0.860. The van der Waals surface area contributed by atoms with E-state index < -0.39 is 0 Å². The standard InChI is InChI=1S/C16H25NO/c1-13(18-2)5-6-14-7-9-15(10-8-14)16-4-3-11-17-12-16/h7-10,13,16-17H,3-6,11-12H2,1-2H3. The number of ether oxygens (including phenoxy) is 1. The lowest BCUT2D eigenvalue weighted by atomic mass is 9.91. The summed E-state index contributed by atoms with van der Waals surface area (Å²) >= 11 is 0. The van der Waals surface area contributed by atoms with Crippen LogP contribution < -0.4 is 5.32 Å². The Bertz CT molecular complexity index is 341. The predicted molar refractivity (Wildman–Crippen MR) is 76.1 cm³/mol. The highest BCUT2D eigenvalue weighted by molar-refractivity contribution is 5.26. The molecule has 1 aliphatic rings. The first-order chi connectivity index (χ1) is 8.79. The highest BCUT2D eigenvalue weighted by Gasteiger charge is 2.14. The van der Waals surface area contributed by atoms with Crippen molar-refractivity contribution >= 4 is 0 Å². The molecule has 100 valence electrons. The largest absolute Gasteiger partial charge is 0.382 e. The molecule has 1 aliphatic heterocycles. The van der Waals surface area contributed by atoms with Crippen molar-refractivity contribution in [1.29, 1.82) is 0 Å². The third-order valence-electron chi connectivity index (χ3n) is 3.99. The average molecular weight is 247 g/mol. The number of piperidine rings is 1. The van der Waals surface area contributed by atoms with Crippen molar-refractivity contribution in [1.82, 2.24) is 5.32 Å². The first-order valence-electron chi connectivity index (χ1n) is 7.12. The summed E-state index contributed by atoms with van der Waals surface area (Å²) in [5.74, 6) is 0.714. The van der Waals surface area contributed by atoms with E-state index in [1.54, 1.807) is 7.11 Å². The van der Waals surface area contributed by atoms with E-state index >= 15 is 0 Å². The van der Waals surface area contributed by atoms with Crippen molar-refractivity contribution in [2.75, 3.05) is 20.2 Å². The average Bonchev–Trinajstić information content (AvgIpc) is 2.46. The fourth-order valence-electron chi connectivity index (χ4n) is 2.58. The Morgan fingerprint density at radius 3 is 2.72 bits per heavy atom. The van der Waals surface area contributed by atoms with E-state index in [1.165, 1.54) is 30.5 Å². The third kappa shape index (κ3) is 3.82. The highest BCUT2D eigenvalue weighted by atomic mass is 16.5. The molecule has 0 spiro atoms. The van der Waals surface area contributed by atoms with E-state index in [9.17, 15) is 0 Å². The topological polar surface area (TPSA) is 21.3 Å². The van der Waals surface area contributed by atoms with Crippen LogP contribution in [0.5, 0.6) is 0 Å². The summed E-state index contributed by atoms with van der Waals surface area (Å²) in [6.45, 7) is 4.45. The van der Waals surface area contributed by atoms with Crippen LogP contribution in [-0.4, -0.2) is 26.3 Å². The molecule has 1 fully saturated rings. The van der Waals surface area contributed by atoms with Gasteiger partial charge in [0.05, 0.1) is 6.10 Å². The van der Waals surface area contributed by atoms with Crippen molar-refractivity contribution in [3.63, 3.8) is 0 Å². The van der Waals surface area contributed by atoms with Crippen LogP contribution in [0.25, 0.3) is 0 Å². The maximum Gasteiger partial charge on any atom is 0.0546 e. The molecule has 1 heterocycles. The fraction of sp³-hybridized carbons (Fsp3) is 0.625. The van der Waals surface area contributed by atoms with Crippen molar-refractivity contribution in [2.24, 2.45) is 0 Å². The molecule has 2 heteroatoms. The van der Waals surface area contributed by atoms with Gasteiger partial charge in [0.15, 0.2) is 0 Å². The van der Waals surface area contributed by atoms with Gasteiger partial charge >= 0.3 is 0 Å². The number of nitrogens with one attached hydrogen (secondary N) is 1. The summed E-state index contributed by atoms with van der Waals surface area (Å²) in [6.07, 6.45) is 5.19. The van der Waals surface area contributed by atoms with Gasteiger partial charge in [0, 0.05) is 13.7 Å². The summed E-state index contributed by atoms with van der Waals surface area (Å²) in [5.41, 5.74) is 2.91. The lowest BCUT2D eigenvalue weighted by Crippen LogP contribution is -2.28. The summed E-state index contributed by atoms with van der Waals surface area (Å²) in [5, 5.41) is 3.48. The first-order valence-corrected chi connectivity index (χ1v) is 7.12. The smallest absolute Gasteiger partial charge is 0.0546 e. The van der Waals surface area contributed by atoms with Crippen molar-refractivity contribution in [3.8, 4) is 0 Å². The molecule has 1 saturated heterocycles. The number of hydrogen-bond acceptors (Lipinski definition) is 2. The van der Waals surface area contributed by atoms with Crippen LogP contribution in [0.2, 0.25) is 0 Å². The second-order valence-corrected chi connectivity index (χ2v) is 5.37. The van der Waals surface area contributed by atoms with E-state index in [-0.39, 0.29) is 0 Å². The molecule has 1 aromatic carbocycles. The minimum Gasteiger partial charge on any atom is -0.382 e. The minimum atomic E-state index is 0.354. The molecule has 2 rings (SSSR count). The second kappa shape index (κ2) is 6.91. The van der Waals surface area contributed by atoms with Crippen molar-refractivity contribution in [3.05, 3.63) is 35.4 Å². The summed E-state index contributed by atoms with van der Waals surface area (Å²) in [4.78, 5) is 0. The molecular formula is C16H25NO. The lowest BCUT2D eigenvalue weighted by molar-refractivity contribution is 0.111. The van der Waals surface area contributed by atoms with Crippen LogP contribution in [0.3, 0.4) is 0 Å². The first kappa shape index (κ1) is 13.6. The Morgan fingerprint density at radius 1 is 1.33 bits per heavy atom. The van der Waals surface area contributed by atoms with Crippen LogP contribution in [0.15, 0.2) is 24.3 Å². The zero-order valence-corrected chi connectivity index (χ0v) is 11.6. The molecule has 2 unspecified atom stereocenters. The van der Waals surface area contributed by atoms with Gasteiger partial charge in [-0.3, -0.25) is 0 Å². The van der Waals surface area contributed by atoms with Crippen LogP contribution in [0.1, 0.15) is 43.2 Å². The van der Waals surface area contributed by atoms with Gasteiger partial charge in [0.1, 0.15) is 0 Å². The number of hydrogen-bond donors (Lipinski definition) is 1. The van der Waals surface area contributed by atoms with Crippen LogP contribution >= 0.6 is 0 Å². The predicted octanol–water partition coefficient (Wildman–Crippen LogP) is 3.12. The summed E-state index contributed by atoms with van der Waals surface area (Å²) in [7, 11) is 1.78. The monoisotopic (exact) mass is 247 g/mol. The number of rotatable bonds is 5. The summed E-state index contributed by atoms with van der Waals surface area (Å²) < 4.78 is 5.28. The van der Waals surface area contributed by atoms with Gasteiger partial charge in [-0.2, -0.15) is 0 Å². The Kier molecular flexibility index (Phi) is 5.21. The Labute approximate surface area is 111 Å². The van der Waals surface area contributed by atoms with E-state index in [1.807, 2.05) is 0 Å². The molecule has 0 aromatic heterocycles. The maximum atomic E-state index is 5.28. The normalized spacial score (nSPS) is 21.8. The van der Waals surface area contributed by atoms with E-state index in [2.05, 4.69) is 36.5 Å². The van der Waals surface area contributed by atoms with E-state index in [4.69, 9.17) is 4.74 Å². The van der Waals surface area contributed by atoms with Gasteiger partial charge in [-0.15, -0.1) is 0 Å². The number of benzene rings is 1.